The van der Waals surface area contributed by atoms with Crippen molar-refractivity contribution in [3.63, 3.8) is 0 Å². The van der Waals surface area contributed by atoms with Crippen molar-refractivity contribution in [2.75, 3.05) is 32.1 Å². The minimum Gasteiger partial charge on any atom is -0.495 e. The normalized spacial score (nSPS) is 14.0. The van der Waals surface area contributed by atoms with Gasteiger partial charge in [0, 0.05) is 37.4 Å². The summed E-state index contributed by atoms with van der Waals surface area (Å²) >= 11 is 0. The molecule has 1 aliphatic heterocycles. The van der Waals surface area contributed by atoms with Crippen LogP contribution in [0, 0.1) is 13.8 Å². The fourth-order valence-electron chi connectivity index (χ4n) is 3.76. The molecule has 2 aromatic rings. The number of amides is 2. The fourth-order valence-corrected chi connectivity index (χ4v) is 5.24. The van der Waals surface area contributed by atoms with Crippen LogP contribution in [0.15, 0.2) is 29.2 Å². The smallest absolute Gasteiger partial charge is 0.257 e. The maximum atomic E-state index is 13.0. The van der Waals surface area contributed by atoms with Crippen LogP contribution in [0.25, 0.3) is 0 Å². The van der Waals surface area contributed by atoms with E-state index in [1.165, 1.54) is 7.11 Å². The molecule has 1 aromatic carbocycles. The first-order chi connectivity index (χ1) is 14.7. The van der Waals surface area contributed by atoms with E-state index in [2.05, 4.69) is 15.0 Å². The first kappa shape index (κ1) is 22.8. The number of hydrogen-bond acceptors (Lipinski definition) is 5. The van der Waals surface area contributed by atoms with Crippen LogP contribution in [0.3, 0.4) is 0 Å². The number of sulfonamides is 1. The van der Waals surface area contributed by atoms with Gasteiger partial charge in [-0.1, -0.05) is 12.1 Å². The lowest BCUT2D eigenvalue weighted by Gasteiger charge is -2.17. The average Bonchev–Trinajstić information content (AvgIpc) is 3.35. The number of aryl methyl sites for hydroxylation is 2. The van der Waals surface area contributed by atoms with Crippen molar-refractivity contribution < 1.29 is 22.7 Å². The van der Waals surface area contributed by atoms with Gasteiger partial charge in [-0.25, -0.2) is 13.1 Å². The largest absolute Gasteiger partial charge is 0.495 e. The summed E-state index contributed by atoms with van der Waals surface area (Å²) in [4.78, 5) is 29.8. The Hall–Kier alpha value is -2.85. The summed E-state index contributed by atoms with van der Waals surface area (Å²) in [6.45, 7) is 4.45. The standard InChI is InChI=1S/C21H28N4O5S/c1-14-19(21(27)25-12-6-7-13-25)20(15(2)23-14)31(28,29)22-11-10-18(26)24-16-8-4-5-9-17(16)30-3/h4-5,8-9,22-23H,6-7,10-13H2,1-3H3,(H,24,26). The molecule has 1 saturated heterocycles. The Morgan fingerprint density at radius 3 is 2.48 bits per heavy atom. The highest BCUT2D eigenvalue weighted by Crippen LogP contribution is 2.27. The summed E-state index contributed by atoms with van der Waals surface area (Å²) in [6, 6.07) is 6.96. The third-order valence-corrected chi connectivity index (χ3v) is 6.85. The molecule has 2 heterocycles. The van der Waals surface area contributed by atoms with E-state index >= 15 is 0 Å². The van der Waals surface area contributed by atoms with Gasteiger partial charge in [-0.05, 0) is 38.8 Å². The SMILES string of the molecule is COc1ccccc1NC(=O)CCNS(=O)(=O)c1c(C)[nH]c(C)c1C(=O)N1CCCC1. The van der Waals surface area contributed by atoms with Gasteiger partial charge in [-0.15, -0.1) is 0 Å². The maximum Gasteiger partial charge on any atom is 0.257 e. The van der Waals surface area contributed by atoms with Gasteiger partial charge < -0.3 is 19.9 Å². The highest BCUT2D eigenvalue weighted by molar-refractivity contribution is 7.89. The van der Waals surface area contributed by atoms with Gasteiger partial charge in [0.15, 0.2) is 0 Å². The number of ether oxygens (including phenoxy) is 1. The Kier molecular flexibility index (Phi) is 7.01. The molecule has 0 bridgehead atoms. The number of nitrogens with zero attached hydrogens (tertiary/aromatic N) is 1. The molecule has 9 nitrogen and oxygen atoms in total. The first-order valence-corrected chi connectivity index (χ1v) is 11.6. The minimum absolute atomic E-state index is 0.0490. The number of hydrogen-bond donors (Lipinski definition) is 3. The number of carbonyl (C=O) groups is 2. The van der Waals surface area contributed by atoms with Crippen LogP contribution in [-0.4, -0.2) is 56.9 Å². The van der Waals surface area contributed by atoms with Gasteiger partial charge in [0.1, 0.15) is 10.6 Å². The maximum absolute atomic E-state index is 13.0. The van der Waals surface area contributed by atoms with E-state index in [-0.39, 0.29) is 35.2 Å². The molecule has 0 atom stereocenters. The number of rotatable bonds is 8. The quantitative estimate of drug-likeness (QED) is 0.572. The second-order valence-corrected chi connectivity index (χ2v) is 9.18. The zero-order valence-corrected chi connectivity index (χ0v) is 18.8. The lowest BCUT2D eigenvalue weighted by atomic mass is 10.2. The number of aromatic amines is 1. The molecule has 0 radical (unpaired) electrons. The lowest BCUT2D eigenvalue weighted by Crippen LogP contribution is -2.32. The van der Waals surface area contributed by atoms with E-state index in [0.29, 0.717) is 35.9 Å². The monoisotopic (exact) mass is 448 g/mol. The van der Waals surface area contributed by atoms with Crippen molar-refractivity contribution in [2.24, 2.45) is 0 Å². The van der Waals surface area contributed by atoms with Crippen LogP contribution >= 0.6 is 0 Å². The average molecular weight is 449 g/mol. The molecular weight excluding hydrogens is 420 g/mol. The predicted octanol–water partition coefficient (Wildman–Crippen LogP) is 2.18. The molecule has 0 unspecified atom stereocenters. The third kappa shape index (κ3) is 5.08. The number of benzene rings is 1. The van der Waals surface area contributed by atoms with Crippen molar-refractivity contribution in [1.29, 1.82) is 0 Å². The summed E-state index contributed by atoms with van der Waals surface area (Å²) < 4.78 is 33.6. The highest BCUT2D eigenvalue weighted by Gasteiger charge is 2.32. The van der Waals surface area contributed by atoms with Gasteiger partial charge in [0.25, 0.3) is 5.91 Å². The van der Waals surface area contributed by atoms with E-state index in [4.69, 9.17) is 4.74 Å². The predicted molar refractivity (Wildman–Crippen MR) is 117 cm³/mol. The summed E-state index contributed by atoms with van der Waals surface area (Å²) in [5.74, 6) is -0.129. The molecule has 168 valence electrons. The zero-order valence-electron chi connectivity index (χ0n) is 17.9. The Morgan fingerprint density at radius 2 is 1.81 bits per heavy atom. The van der Waals surface area contributed by atoms with Crippen molar-refractivity contribution in [3.05, 3.63) is 41.2 Å². The molecule has 31 heavy (non-hydrogen) atoms. The van der Waals surface area contributed by atoms with Crippen molar-refractivity contribution in [2.45, 2.75) is 38.0 Å². The number of anilines is 1. The number of carbonyl (C=O) groups excluding carboxylic acids is 2. The van der Waals surface area contributed by atoms with E-state index in [1.54, 1.807) is 43.0 Å². The highest BCUT2D eigenvalue weighted by atomic mass is 32.2. The van der Waals surface area contributed by atoms with Crippen molar-refractivity contribution >= 4 is 27.5 Å². The van der Waals surface area contributed by atoms with Crippen LogP contribution in [0.1, 0.15) is 41.0 Å². The van der Waals surface area contributed by atoms with Crippen LogP contribution < -0.4 is 14.8 Å². The van der Waals surface area contributed by atoms with Crippen molar-refractivity contribution in [1.82, 2.24) is 14.6 Å². The van der Waals surface area contributed by atoms with Crippen LogP contribution in [0.2, 0.25) is 0 Å². The second kappa shape index (κ2) is 9.52. The lowest BCUT2D eigenvalue weighted by molar-refractivity contribution is -0.116. The fraction of sp³-hybridized carbons (Fsp3) is 0.429. The van der Waals surface area contributed by atoms with Crippen LogP contribution in [-0.2, 0) is 14.8 Å². The van der Waals surface area contributed by atoms with Gasteiger partial charge in [0.2, 0.25) is 15.9 Å². The molecule has 10 heteroatoms. The molecule has 1 fully saturated rings. The molecule has 1 aromatic heterocycles. The Labute approximate surface area is 182 Å². The number of methoxy groups -OCH3 is 1. The molecule has 2 amide bonds. The molecule has 0 aliphatic carbocycles. The Bertz CT molecular complexity index is 1070. The number of likely N-dealkylation sites (tertiary alicyclic amines) is 1. The molecule has 0 spiro atoms. The van der Waals surface area contributed by atoms with E-state index in [0.717, 1.165) is 12.8 Å². The Balaban J connectivity index is 1.68. The number of para-hydroxylation sites is 2. The number of nitrogens with one attached hydrogen (secondary N) is 3. The number of H-pyrrole nitrogens is 1. The van der Waals surface area contributed by atoms with Gasteiger partial charge in [-0.2, -0.15) is 0 Å². The summed E-state index contributed by atoms with van der Waals surface area (Å²) in [5.41, 5.74) is 1.59. The van der Waals surface area contributed by atoms with Crippen LogP contribution in [0.5, 0.6) is 5.75 Å². The van der Waals surface area contributed by atoms with E-state index in [9.17, 15) is 18.0 Å². The summed E-state index contributed by atoms with van der Waals surface area (Å²) in [7, 11) is -2.49. The molecular formula is C21H28N4O5S. The van der Waals surface area contributed by atoms with Crippen LogP contribution in [0.4, 0.5) is 5.69 Å². The molecule has 3 N–H and O–H groups in total. The first-order valence-electron chi connectivity index (χ1n) is 10.2. The van der Waals surface area contributed by atoms with Gasteiger partial charge in [-0.3, -0.25) is 9.59 Å². The summed E-state index contributed by atoms with van der Waals surface area (Å²) in [5, 5.41) is 2.70. The molecule has 1 aliphatic rings. The van der Waals surface area contributed by atoms with Gasteiger partial charge >= 0.3 is 0 Å². The zero-order chi connectivity index (χ0) is 22.6. The number of aromatic nitrogens is 1. The second-order valence-electron chi connectivity index (χ2n) is 7.47. The van der Waals surface area contributed by atoms with E-state index < -0.39 is 10.0 Å². The minimum atomic E-state index is -3.99. The molecule has 3 rings (SSSR count). The molecule has 0 saturated carbocycles. The van der Waals surface area contributed by atoms with Gasteiger partial charge in [0.05, 0.1) is 18.4 Å². The summed E-state index contributed by atoms with van der Waals surface area (Å²) in [6.07, 6.45) is 1.75. The third-order valence-electron chi connectivity index (χ3n) is 5.22. The topological polar surface area (TPSA) is 121 Å². The Morgan fingerprint density at radius 1 is 1.13 bits per heavy atom. The van der Waals surface area contributed by atoms with E-state index in [1.807, 2.05) is 0 Å². The van der Waals surface area contributed by atoms with Crippen molar-refractivity contribution in [3.8, 4) is 5.75 Å².